The summed E-state index contributed by atoms with van der Waals surface area (Å²) in [4.78, 5) is 10.7. The van der Waals surface area contributed by atoms with E-state index in [4.69, 9.17) is 11.6 Å². The maximum absolute atomic E-state index is 10.7. The zero-order chi connectivity index (χ0) is 7.56. The van der Waals surface area contributed by atoms with E-state index in [9.17, 15) is 4.79 Å². The minimum Gasteiger partial charge on any atom is -0.276 e. The Balaban J connectivity index is 2.71. The first kappa shape index (κ1) is 7.80. The van der Waals surface area contributed by atoms with Crippen LogP contribution in [0.5, 0.6) is 0 Å². The standard InChI is InChI=1S/C8H11ClO/c1-2-7(8(9)10)6-4-3-5-6/h2-5H2,1H3. The van der Waals surface area contributed by atoms with E-state index in [-0.39, 0.29) is 5.24 Å². The molecule has 0 aromatic carbocycles. The van der Waals surface area contributed by atoms with E-state index in [0.29, 0.717) is 0 Å². The van der Waals surface area contributed by atoms with Gasteiger partial charge in [-0.1, -0.05) is 12.5 Å². The minimum atomic E-state index is -0.253. The Morgan fingerprint density at radius 3 is 2.30 bits per heavy atom. The Kier molecular flexibility index (Phi) is 2.50. The second kappa shape index (κ2) is 3.20. The van der Waals surface area contributed by atoms with Crippen molar-refractivity contribution in [1.29, 1.82) is 0 Å². The van der Waals surface area contributed by atoms with Gasteiger partial charge in [0.15, 0.2) is 0 Å². The number of rotatable bonds is 2. The zero-order valence-corrected chi connectivity index (χ0v) is 6.87. The van der Waals surface area contributed by atoms with Crippen molar-refractivity contribution in [3.05, 3.63) is 11.1 Å². The molecule has 2 heteroatoms. The second-order valence-electron chi connectivity index (χ2n) is 2.56. The lowest BCUT2D eigenvalue weighted by Crippen LogP contribution is -2.05. The van der Waals surface area contributed by atoms with Gasteiger partial charge in [0.2, 0.25) is 5.24 Å². The van der Waals surface area contributed by atoms with Gasteiger partial charge in [-0.15, -0.1) is 0 Å². The Morgan fingerprint density at radius 1 is 1.60 bits per heavy atom. The fourth-order valence-corrected chi connectivity index (χ4v) is 1.45. The molecule has 0 aromatic rings. The van der Waals surface area contributed by atoms with Crippen molar-refractivity contribution in [1.82, 2.24) is 0 Å². The summed E-state index contributed by atoms with van der Waals surface area (Å²) in [7, 11) is 0. The summed E-state index contributed by atoms with van der Waals surface area (Å²) >= 11 is 5.35. The molecule has 1 aliphatic rings. The lowest BCUT2D eigenvalue weighted by Gasteiger charge is -2.19. The van der Waals surface area contributed by atoms with Crippen LogP contribution in [-0.4, -0.2) is 5.24 Å². The molecule has 0 bridgehead atoms. The summed E-state index contributed by atoms with van der Waals surface area (Å²) in [5.41, 5.74) is 2.13. The number of hydrogen-bond acceptors (Lipinski definition) is 1. The number of carbonyl (C=O) groups is 1. The van der Waals surface area contributed by atoms with Crippen molar-refractivity contribution in [2.45, 2.75) is 32.6 Å². The third-order valence-corrected chi connectivity index (χ3v) is 2.20. The van der Waals surface area contributed by atoms with Crippen molar-refractivity contribution < 1.29 is 4.79 Å². The maximum Gasteiger partial charge on any atom is 0.248 e. The Labute approximate surface area is 66.1 Å². The van der Waals surface area contributed by atoms with Crippen LogP contribution in [0, 0.1) is 0 Å². The summed E-state index contributed by atoms with van der Waals surface area (Å²) in [6.45, 7) is 1.97. The summed E-state index contributed by atoms with van der Waals surface area (Å²) in [6, 6.07) is 0. The highest BCUT2D eigenvalue weighted by atomic mass is 35.5. The molecule has 1 fully saturated rings. The smallest absolute Gasteiger partial charge is 0.248 e. The molecule has 0 saturated heterocycles. The van der Waals surface area contributed by atoms with Crippen LogP contribution in [-0.2, 0) is 4.79 Å². The lowest BCUT2D eigenvalue weighted by atomic mass is 9.87. The first-order valence-corrected chi connectivity index (χ1v) is 4.04. The first-order chi connectivity index (χ1) is 4.75. The van der Waals surface area contributed by atoms with Gasteiger partial charge in [0.05, 0.1) is 0 Å². The fourth-order valence-electron chi connectivity index (χ4n) is 1.18. The minimum absolute atomic E-state index is 0.253. The predicted octanol–water partition coefficient (Wildman–Crippen LogP) is 2.64. The summed E-state index contributed by atoms with van der Waals surface area (Å²) in [6.07, 6.45) is 4.18. The van der Waals surface area contributed by atoms with E-state index in [1.54, 1.807) is 0 Å². The molecule has 0 heterocycles. The van der Waals surface area contributed by atoms with Crippen LogP contribution in [0.1, 0.15) is 32.6 Å². The van der Waals surface area contributed by atoms with Gasteiger partial charge in [0.25, 0.3) is 0 Å². The van der Waals surface area contributed by atoms with Crippen molar-refractivity contribution in [2.75, 3.05) is 0 Å². The Morgan fingerprint density at radius 2 is 2.20 bits per heavy atom. The molecule has 0 atom stereocenters. The molecule has 0 N–H and O–H groups in total. The molecule has 0 aromatic heterocycles. The van der Waals surface area contributed by atoms with Gasteiger partial charge in [-0.05, 0) is 37.3 Å². The first-order valence-electron chi connectivity index (χ1n) is 3.66. The number of carbonyl (C=O) groups excluding carboxylic acids is 1. The normalized spacial score (nSPS) is 16.4. The molecule has 56 valence electrons. The molecule has 1 nitrogen and oxygen atoms in total. The van der Waals surface area contributed by atoms with E-state index in [0.717, 1.165) is 24.8 Å². The van der Waals surface area contributed by atoms with E-state index < -0.39 is 0 Å². The molecule has 10 heavy (non-hydrogen) atoms. The largest absolute Gasteiger partial charge is 0.276 e. The SMILES string of the molecule is CCC(C(=O)Cl)=C1CCC1. The van der Waals surface area contributed by atoms with E-state index >= 15 is 0 Å². The van der Waals surface area contributed by atoms with Crippen LogP contribution in [0.15, 0.2) is 11.1 Å². The third kappa shape index (κ3) is 1.40. The van der Waals surface area contributed by atoms with Gasteiger partial charge < -0.3 is 0 Å². The molecule has 1 aliphatic carbocycles. The van der Waals surface area contributed by atoms with Crippen molar-refractivity contribution >= 4 is 16.8 Å². The predicted molar refractivity (Wildman–Crippen MR) is 42.0 cm³/mol. The number of hydrogen-bond donors (Lipinski definition) is 0. The monoisotopic (exact) mass is 158 g/mol. The van der Waals surface area contributed by atoms with Crippen molar-refractivity contribution in [3.63, 3.8) is 0 Å². The molecule has 0 aliphatic heterocycles. The van der Waals surface area contributed by atoms with Crippen molar-refractivity contribution in [3.8, 4) is 0 Å². The molecule has 0 unspecified atom stereocenters. The highest BCUT2D eigenvalue weighted by Gasteiger charge is 2.16. The molecular formula is C8H11ClO. The average molecular weight is 159 g/mol. The fraction of sp³-hybridized carbons (Fsp3) is 0.625. The molecule has 0 radical (unpaired) electrons. The van der Waals surface area contributed by atoms with Gasteiger partial charge in [0.1, 0.15) is 0 Å². The van der Waals surface area contributed by atoms with Crippen molar-refractivity contribution in [2.24, 2.45) is 0 Å². The Bertz CT molecular complexity index is 176. The highest BCUT2D eigenvalue weighted by molar-refractivity contribution is 6.67. The van der Waals surface area contributed by atoms with Gasteiger partial charge in [0, 0.05) is 5.57 Å². The molecule has 1 rings (SSSR count). The number of halogens is 1. The van der Waals surface area contributed by atoms with E-state index in [2.05, 4.69) is 0 Å². The summed E-state index contributed by atoms with van der Waals surface area (Å²) < 4.78 is 0. The van der Waals surface area contributed by atoms with Gasteiger partial charge >= 0.3 is 0 Å². The van der Waals surface area contributed by atoms with Gasteiger partial charge in [-0.25, -0.2) is 0 Å². The maximum atomic E-state index is 10.7. The third-order valence-electron chi connectivity index (χ3n) is 1.97. The van der Waals surface area contributed by atoms with Crippen LogP contribution < -0.4 is 0 Å². The summed E-state index contributed by atoms with van der Waals surface area (Å²) in [5.74, 6) is 0. The lowest BCUT2D eigenvalue weighted by molar-refractivity contribution is -0.108. The van der Waals surface area contributed by atoms with Crippen LogP contribution in [0.25, 0.3) is 0 Å². The quantitative estimate of drug-likeness (QED) is 0.446. The topological polar surface area (TPSA) is 17.1 Å². The average Bonchev–Trinajstić information content (AvgIpc) is 1.76. The Hall–Kier alpha value is -0.300. The second-order valence-corrected chi connectivity index (χ2v) is 2.91. The highest BCUT2D eigenvalue weighted by Crippen LogP contribution is 2.30. The van der Waals surface area contributed by atoms with E-state index in [1.165, 1.54) is 12.0 Å². The van der Waals surface area contributed by atoms with Gasteiger partial charge in [-0.3, -0.25) is 4.79 Å². The van der Waals surface area contributed by atoms with Crippen LogP contribution in [0.2, 0.25) is 0 Å². The molecular weight excluding hydrogens is 148 g/mol. The molecule has 0 amide bonds. The van der Waals surface area contributed by atoms with Crippen LogP contribution >= 0.6 is 11.6 Å². The number of allylic oxidation sites excluding steroid dienone is 2. The van der Waals surface area contributed by atoms with Crippen LogP contribution in [0.3, 0.4) is 0 Å². The molecule has 0 spiro atoms. The molecule has 1 saturated carbocycles. The van der Waals surface area contributed by atoms with Crippen LogP contribution in [0.4, 0.5) is 0 Å². The van der Waals surface area contributed by atoms with Gasteiger partial charge in [-0.2, -0.15) is 0 Å². The zero-order valence-electron chi connectivity index (χ0n) is 6.11. The summed E-state index contributed by atoms with van der Waals surface area (Å²) in [5, 5.41) is -0.253. The van der Waals surface area contributed by atoms with E-state index in [1.807, 2.05) is 6.92 Å².